The number of fused-ring (bicyclic) bond motifs is 1. The number of aromatic nitrogens is 1. The Balaban J connectivity index is 1.90. The number of hydrogen-bond acceptors (Lipinski definition) is 4. The molecule has 0 radical (unpaired) electrons. The van der Waals surface area contributed by atoms with Gasteiger partial charge in [-0.3, -0.25) is 4.98 Å². The first kappa shape index (κ1) is 21.0. The number of nitrogens with two attached hydrogens (primary N) is 1. The lowest BCUT2D eigenvalue weighted by Gasteiger charge is -2.37. The number of ether oxygens (including phenoxy) is 1. The van der Waals surface area contributed by atoms with Crippen LogP contribution in [0.2, 0.25) is 0 Å². The molecule has 1 aliphatic heterocycles. The highest BCUT2D eigenvalue weighted by Crippen LogP contribution is 2.46. The normalized spacial score (nSPS) is 15.7. The molecule has 0 aliphatic carbocycles. The third-order valence-electron chi connectivity index (χ3n) is 5.16. The molecule has 0 saturated carbocycles. The Morgan fingerprint density at radius 2 is 2.00 bits per heavy atom. The molecule has 2 heterocycles. The van der Waals surface area contributed by atoms with E-state index in [0.29, 0.717) is 23.5 Å². The molecular weight excluding hydrogens is 381 g/mol. The highest BCUT2D eigenvalue weighted by atomic mass is 19.4. The molecule has 1 aromatic carbocycles. The summed E-state index contributed by atoms with van der Waals surface area (Å²) < 4.78 is 47.2. The van der Waals surface area contributed by atoms with Gasteiger partial charge in [-0.1, -0.05) is 43.9 Å². The fourth-order valence-corrected chi connectivity index (χ4v) is 3.64. The second-order valence-corrected chi connectivity index (χ2v) is 7.92. The minimum atomic E-state index is -4.85. The summed E-state index contributed by atoms with van der Waals surface area (Å²) in [6.45, 7) is 3.86. The van der Waals surface area contributed by atoms with Crippen molar-refractivity contribution < 1.29 is 23.0 Å². The first-order valence-electron chi connectivity index (χ1n) is 9.26. The molecule has 7 heteroatoms. The van der Waals surface area contributed by atoms with E-state index in [1.54, 1.807) is 19.9 Å². The largest absolute Gasteiger partial charge is 0.493 e. The lowest BCUT2D eigenvalue weighted by atomic mass is 9.73. The lowest BCUT2D eigenvalue weighted by molar-refractivity contribution is -0.264. The van der Waals surface area contributed by atoms with Gasteiger partial charge in [0, 0.05) is 24.6 Å². The van der Waals surface area contributed by atoms with E-state index in [1.165, 1.54) is 18.5 Å². The third kappa shape index (κ3) is 4.33. The summed E-state index contributed by atoms with van der Waals surface area (Å²) in [5.74, 6) is 5.69. The van der Waals surface area contributed by atoms with E-state index in [1.807, 2.05) is 12.1 Å². The SMILES string of the molecule is CC(C)(CC(O)(CC#Cc1ccncc1N)C(F)(F)F)c1cccc2c1OCC2. The van der Waals surface area contributed by atoms with Gasteiger partial charge in [0.25, 0.3) is 0 Å². The van der Waals surface area contributed by atoms with E-state index in [-0.39, 0.29) is 5.69 Å². The minimum Gasteiger partial charge on any atom is -0.493 e. The average Bonchev–Trinajstić information content (AvgIpc) is 3.10. The molecule has 154 valence electrons. The van der Waals surface area contributed by atoms with Crippen LogP contribution in [0.4, 0.5) is 18.9 Å². The van der Waals surface area contributed by atoms with Gasteiger partial charge >= 0.3 is 6.18 Å². The summed E-state index contributed by atoms with van der Waals surface area (Å²) in [7, 11) is 0. The number of nitrogens with zero attached hydrogens (tertiary/aromatic N) is 1. The first-order valence-corrected chi connectivity index (χ1v) is 9.26. The van der Waals surface area contributed by atoms with E-state index in [9.17, 15) is 18.3 Å². The number of rotatable bonds is 4. The van der Waals surface area contributed by atoms with Crippen LogP contribution in [0, 0.1) is 11.8 Å². The second kappa shape index (κ2) is 7.60. The van der Waals surface area contributed by atoms with Crippen LogP contribution in [0.25, 0.3) is 0 Å². The number of para-hydroxylation sites is 1. The zero-order valence-corrected chi connectivity index (χ0v) is 16.3. The molecule has 1 atom stereocenters. The van der Waals surface area contributed by atoms with Gasteiger partial charge in [0.2, 0.25) is 0 Å². The molecule has 3 N–H and O–H groups in total. The second-order valence-electron chi connectivity index (χ2n) is 7.92. The summed E-state index contributed by atoms with van der Waals surface area (Å²) in [6, 6.07) is 6.99. The molecule has 1 aliphatic rings. The molecule has 3 rings (SSSR count). The molecule has 0 fully saturated rings. The maximum atomic E-state index is 13.8. The van der Waals surface area contributed by atoms with Crippen molar-refractivity contribution in [1.82, 2.24) is 4.98 Å². The van der Waals surface area contributed by atoms with E-state index in [4.69, 9.17) is 10.5 Å². The average molecular weight is 404 g/mol. The van der Waals surface area contributed by atoms with Crippen LogP contribution < -0.4 is 10.5 Å². The number of aliphatic hydroxyl groups is 1. The number of nitrogen functional groups attached to an aromatic ring is 1. The van der Waals surface area contributed by atoms with Crippen molar-refractivity contribution in [1.29, 1.82) is 0 Å². The van der Waals surface area contributed by atoms with Crippen LogP contribution in [0.3, 0.4) is 0 Å². The lowest BCUT2D eigenvalue weighted by Crippen LogP contribution is -2.49. The number of pyridine rings is 1. The summed E-state index contributed by atoms with van der Waals surface area (Å²) in [5.41, 5.74) is 4.02. The van der Waals surface area contributed by atoms with Crippen molar-refractivity contribution in [2.75, 3.05) is 12.3 Å². The van der Waals surface area contributed by atoms with Crippen LogP contribution in [-0.4, -0.2) is 28.5 Å². The molecule has 2 aromatic rings. The van der Waals surface area contributed by atoms with Gasteiger partial charge < -0.3 is 15.6 Å². The van der Waals surface area contributed by atoms with E-state index in [2.05, 4.69) is 16.8 Å². The van der Waals surface area contributed by atoms with Crippen LogP contribution in [0.15, 0.2) is 36.7 Å². The van der Waals surface area contributed by atoms with Crippen LogP contribution in [-0.2, 0) is 11.8 Å². The molecule has 0 saturated heterocycles. The van der Waals surface area contributed by atoms with E-state index in [0.717, 1.165) is 12.0 Å². The fourth-order valence-electron chi connectivity index (χ4n) is 3.64. The topological polar surface area (TPSA) is 68.4 Å². The highest BCUT2D eigenvalue weighted by molar-refractivity contribution is 5.53. The predicted octanol–water partition coefficient (Wildman–Crippen LogP) is 4.00. The molecule has 4 nitrogen and oxygen atoms in total. The van der Waals surface area contributed by atoms with Gasteiger partial charge in [-0.15, -0.1) is 0 Å². The van der Waals surface area contributed by atoms with Crippen molar-refractivity contribution in [3.8, 4) is 17.6 Å². The maximum Gasteiger partial charge on any atom is 0.418 e. The Morgan fingerprint density at radius 3 is 2.69 bits per heavy atom. The zero-order chi connectivity index (χ0) is 21.3. The van der Waals surface area contributed by atoms with E-state index < -0.39 is 30.0 Å². The smallest absolute Gasteiger partial charge is 0.418 e. The Bertz CT molecular complexity index is 961. The number of hydrogen-bond donors (Lipinski definition) is 2. The van der Waals surface area contributed by atoms with E-state index >= 15 is 0 Å². The molecule has 0 bridgehead atoms. The molecule has 0 amide bonds. The van der Waals surface area contributed by atoms with Crippen molar-refractivity contribution in [2.24, 2.45) is 0 Å². The highest BCUT2D eigenvalue weighted by Gasteiger charge is 2.55. The van der Waals surface area contributed by atoms with Crippen molar-refractivity contribution in [3.05, 3.63) is 53.3 Å². The number of alkyl halides is 3. The number of anilines is 1. The summed E-state index contributed by atoms with van der Waals surface area (Å²) in [4.78, 5) is 3.82. The number of halogens is 3. The van der Waals surface area contributed by atoms with Crippen molar-refractivity contribution in [3.63, 3.8) is 0 Å². The maximum absolute atomic E-state index is 13.8. The first-order chi connectivity index (χ1) is 13.5. The quantitative estimate of drug-likeness (QED) is 0.756. The summed E-state index contributed by atoms with van der Waals surface area (Å²) >= 11 is 0. The monoisotopic (exact) mass is 404 g/mol. The Morgan fingerprint density at radius 1 is 1.24 bits per heavy atom. The molecule has 29 heavy (non-hydrogen) atoms. The van der Waals surface area contributed by atoms with Crippen LogP contribution in [0.5, 0.6) is 5.75 Å². The van der Waals surface area contributed by atoms with Crippen molar-refractivity contribution in [2.45, 2.75) is 50.3 Å². The Labute approximate surface area is 167 Å². The van der Waals surface area contributed by atoms with Gasteiger partial charge in [-0.2, -0.15) is 13.2 Å². The minimum absolute atomic E-state index is 0.271. The van der Waals surface area contributed by atoms with Crippen molar-refractivity contribution >= 4 is 5.69 Å². The standard InChI is InChI=1S/C22H23F3N2O2/c1-20(2,17-7-3-5-16-9-12-29-19(16)17)14-21(28,22(23,24)25)10-4-6-15-8-11-27-13-18(15)26/h3,5,7-8,11,13,28H,9-10,12,14,26H2,1-2H3. The fraction of sp³-hybridized carbons (Fsp3) is 0.409. The molecular formula is C22H23F3N2O2. The Kier molecular flexibility index (Phi) is 5.50. The van der Waals surface area contributed by atoms with Gasteiger partial charge in [-0.05, 0) is 23.5 Å². The molecule has 1 aromatic heterocycles. The van der Waals surface area contributed by atoms with Crippen LogP contribution >= 0.6 is 0 Å². The number of benzene rings is 1. The van der Waals surface area contributed by atoms with Gasteiger partial charge in [0.15, 0.2) is 5.60 Å². The third-order valence-corrected chi connectivity index (χ3v) is 5.16. The Hall–Kier alpha value is -2.72. The zero-order valence-electron chi connectivity index (χ0n) is 16.3. The van der Waals surface area contributed by atoms with Gasteiger partial charge in [0.1, 0.15) is 5.75 Å². The van der Waals surface area contributed by atoms with Crippen LogP contribution in [0.1, 0.15) is 43.4 Å². The summed E-state index contributed by atoms with van der Waals surface area (Å²) in [6.07, 6.45) is -2.61. The van der Waals surface area contributed by atoms with Gasteiger partial charge in [0.05, 0.1) is 24.1 Å². The van der Waals surface area contributed by atoms with Gasteiger partial charge in [-0.25, -0.2) is 0 Å². The molecule has 0 spiro atoms. The predicted molar refractivity (Wildman–Crippen MR) is 104 cm³/mol. The summed E-state index contributed by atoms with van der Waals surface area (Å²) in [5, 5.41) is 10.6. The molecule has 1 unspecified atom stereocenters.